The van der Waals surface area contributed by atoms with Gasteiger partial charge in [0.25, 0.3) is 0 Å². The number of amides is 4. The summed E-state index contributed by atoms with van der Waals surface area (Å²) in [6.07, 6.45) is 1.41. The molecule has 0 saturated carbocycles. The van der Waals surface area contributed by atoms with Gasteiger partial charge in [0, 0.05) is 38.2 Å². The topological polar surface area (TPSA) is 174 Å². The number of likely N-dealkylation sites (tertiary alicyclic amines) is 2. The van der Waals surface area contributed by atoms with E-state index in [1.54, 1.807) is 72.1 Å². The molecule has 0 bridgehead atoms. The average Bonchev–Trinajstić information content (AvgIpc) is 3.48. The van der Waals surface area contributed by atoms with Crippen LogP contribution in [0.4, 0.5) is 14.4 Å². The third-order valence-electron chi connectivity index (χ3n) is 10.4. The lowest BCUT2D eigenvalue weighted by atomic mass is 9.97. The van der Waals surface area contributed by atoms with Gasteiger partial charge in [-0.1, -0.05) is 48.5 Å². The summed E-state index contributed by atoms with van der Waals surface area (Å²) in [5.41, 5.74) is 2.02. The first-order valence-electron chi connectivity index (χ1n) is 21.5. The molecule has 4 amide bonds. The highest BCUT2D eigenvalue weighted by Crippen LogP contribution is 2.44. The van der Waals surface area contributed by atoms with Crippen LogP contribution in [0.25, 0.3) is 11.1 Å². The van der Waals surface area contributed by atoms with Crippen molar-refractivity contribution in [2.75, 3.05) is 32.8 Å². The molecule has 2 saturated heterocycles. The van der Waals surface area contributed by atoms with Crippen molar-refractivity contribution in [3.8, 4) is 11.1 Å². The molecule has 1 aliphatic carbocycles. The summed E-state index contributed by atoms with van der Waals surface area (Å²) in [7, 11) is 0. The Labute approximate surface area is 360 Å². The summed E-state index contributed by atoms with van der Waals surface area (Å²) >= 11 is 0. The molecule has 2 N–H and O–H groups in total. The van der Waals surface area contributed by atoms with Gasteiger partial charge in [0.2, 0.25) is 11.9 Å². The molecule has 5 rings (SSSR count). The number of benzene rings is 2. The second-order valence-corrected chi connectivity index (χ2v) is 18.9. The van der Waals surface area contributed by atoms with Gasteiger partial charge in [-0.25, -0.2) is 14.4 Å². The Hall–Kier alpha value is -5.18. The van der Waals surface area contributed by atoms with E-state index in [0.717, 1.165) is 41.5 Å². The first kappa shape index (κ1) is 46.9. The van der Waals surface area contributed by atoms with E-state index >= 15 is 0 Å². The molecule has 3 aliphatic rings. The minimum absolute atomic E-state index is 0.0472. The number of nitrogens with one attached hydrogen (secondary N) is 2. The normalized spacial score (nSPS) is 18.0. The number of guanidine groups is 1. The predicted octanol–water partition coefficient (Wildman–Crippen LogP) is 7.69. The molecule has 2 aromatic carbocycles. The molecule has 0 spiro atoms. The lowest BCUT2D eigenvalue weighted by Crippen LogP contribution is -2.54. The summed E-state index contributed by atoms with van der Waals surface area (Å²) in [5.74, 6) is -1.09. The molecule has 61 heavy (non-hydrogen) atoms. The van der Waals surface area contributed by atoms with E-state index in [-0.39, 0.29) is 43.0 Å². The van der Waals surface area contributed by atoms with Gasteiger partial charge in [-0.15, -0.1) is 4.99 Å². The molecule has 2 atom stereocenters. The van der Waals surface area contributed by atoms with Crippen molar-refractivity contribution in [2.24, 2.45) is 4.99 Å². The SMILES string of the molecule is CC(C)(C)OC(=O)C[C@H](NC(=O)OCC1c2ccccc2-c2ccccc21)C(=O)N1CCCCC1CCOC1CCN(C(=NC(=O)OC(C)(C)C)NC(=O)OC(C)(C)C)CC1. The van der Waals surface area contributed by atoms with Crippen molar-refractivity contribution in [3.63, 3.8) is 0 Å². The van der Waals surface area contributed by atoms with E-state index < -0.39 is 47.1 Å². The molecule has 2 aliphatic heterocycles. The quantitative estimate of drug-likeness (QED) is 0.104. The second-order valence-electron chi connectivity index (χ2n) is 18.9. The number of rotatable bonds is 10. The summed E-state index contributed by atoms with van der Waals surface area (Å²) < 4.78 is 28.5. The van der Waals surface area contributed by atoms with E-state index in [9.17, 15) is 24.0 Å². The monoisotopic (exact) mass is 847 g/mol. The molecule has 2 fully saturated rings. The number of fused-ring (bicyclic) bond motifs is 3. The minimum atomic E-state index is -1.19. The number of hydrogen-bond donors (Lipinski definition) is 2. The number of nitrogens with zero attached hydrogens (tertiary/aromatic N) is 3. The van der Waals surface area contributed by atoms with E-state index in [1.807, 2.05) is 36.4 Å². The number of piperidine rings is 2. The Bertz CT molecular complexity index is 1860. The van der Waals surface area contributed by atoms with Crippen LogP contribution in [0.3, 0.4) is 0 Å². The van der Waals surface area contributed by atoms with E-state index in [2.05, 4.69) is 27.8 Å². The Morgan fingerprint density at radius 1 is 0.738 bits per heavy atom. The summed E-state index contributed by atoms with van der Waals surface area (Å²) in [4.78, 5) is 73.8. The van der Waals surface area contributed by atoms with Crippen molar-refractivity contribution in [1.82, 2.24) is 20.4 Å². The van der Waals surface area contributed by atoms with Crippen LogP contribution in [0.2, 0.25) is 0 Å². The zero-order valence-corrected chi connectivity index (χ0v) is 37.3. The smallest absolute Gasteiger partial charge is 0.437 e. The number of hydrogen-bond acceptors (Lipinski definition) is 10. The molecule has 2 heterocycles. The maximum atomic E-state index is 14.3. The predicted molar refractivity (Wildman–Crippen MR) is 230 cm³/mol. The van der Waals surface area contributed by atoms with Crippen molar-refractivity contribution >= 4 is 36.1 Å². The van der Waals surface area contributed by atoms with Crippen LogP contribution in [0.1, 0.15) is 124 Å². The Morgan fingerprint density at radius 3 is 1.92 bits per heavy atom. The number of alkyl carbamates (subject to hydrolysis) is 2. The van der Waals surface area contributed by atoms with Crippen molar-refractivity contribution in [1.29, 1.82) is 0 Å². The molecule has 1 unspecified atom stereocenters. The minimum Gasteiger partial charge on any atom is -0.460 e. The van der Waals surface area contributed by atoms with Crippen molar-refractivity contribution in [2.45, 2.75) is 148 Å². The fourth-order valence-corrected chi connectivity index (χ4v) is 7.87. The van der Waals surface area contributed by atoms with Gasteiger partial charge in [0.1, 0.15) is 29.5 Å². The third-order valence-corrected chi connectivity index (χ3v) is 10.4. The van der Waals surface area contributed by atoms with Crippen LogP contribution in [-0.2, 0) is 33.3 Å². The number of aliphatic imine (C=N–C) groups is 1. The van der Waals surface area contributed by atoms with Gasteiger partial charge in [0.05, 0.1) is 12.5 Å². The van der Waals surface area contributed by atoms with E-state index in [4.69, 9.17) is 23.7 Å². The zero-order valence-electron chi connectivity index (χ0n) is 37.3. The summed E-state index contributed by atoms with van der Waals surface area (Å²) in [6.45, 7) is 17.5. The first-order chi connectivity index (χ1) is 28.7. The maximum absolute atomic E-state index is 14.3. The maximum Gasteiger partial charge on any atom is 0.437 e. The van der Waals surface area contributed by atoms with Crippen LogP contribution in [0.15, 0.2) is 53.5 Å². The van der Waals surface area contributed by atoms with Gasteiger partial charge in [-0.05, 0) is 123 Å². The Kier molecular flexibility index (Phi) is 15.5. The van der Waals surface area contributed by atoms with Gasteiger partial charge >= 0.3 is 24.2 Å². The molecule has 15 heteroatoms. The van der Waals surface area contributed by atoms with E-state index in [1.165, 1.54) is 0 Å². The van der Waals surface area contributed by atoms with Crippen LogP contribution in [0, 0.1) is 0 Å². The van der Waals surface area contributed by atoms with Crippen molar-refractivity contribution < 1.29 is 47.7 Å². The van der Waals surface area contributed by atoms with Crippen molar-refractivity contribution in [3.05, 3.63) is 59.7 Å². The highest BCUT2D eigenvalue weighted by Gasteiger charge is 2.36. The van der Waals surface area contributed by atoms with Crippen LogP contribution in [0.5, 0.6) is 0 Å². The highest BCUT2D eigenvalue weighted by molar-refractivity contribution is 5.99. The molecular formula is C46H65N5O10. The third kappa shape index (κ3) is 14.2. The lowest BCUT2D eigenvalue weighted by molar-refractivity contribution is -0.157. The van der Waals surface area contributed by atoms with Gasteiger partial charge in [-0.2, -0.15) is 0 Å². The fraction of sp³-hybridized carbons (Fsp3) is 0.609. The molecule has 2 aromatic rings. The van der Waals surface area contributed by atoms with Crippen LogP contribution in [-0.4, -0.2) is 114 Å². The molecule has 334 valence electrons. The largest absolute Gasteiger partial charge is 0.460 e. The molecular weight excluding hydrogens is 783 g/mol. The fourth-order valence-electron chi connectivity index (χ4n) is 7.87. The number of carbonyl (C=O) groups is 5. The molecule has 0 aromatic heterocycles. The van der Waals surface area contributed by atoms with Gasteiger partial charge in [-0.3, -0.25) is 14.9 Å². The number of esters is 1. The molecule has 15 nitrogen and oxygen atoms in total. The summed E-state index contributed by atoms with van der Waals surface area (Å²) in [6, 6.07) is 14.7. The lowest BCUT2D eigenvalue weighted by Gasteiger charge is -2.38. The summed E-state index contributed by atoms with van der Waals surface area (Å²) in [5, 5.41) is 5.35. The first-order valence-corrected chi connectivity index (χ1v) is 21.5. The van der Waals surface area contributed by atoms with Gasteiger partial charge in [0.15, 0.2) is 0 Å². The van der Waals surface area contributed by atoms with E-state index in [0.29, 0.717) is 45.5 Å². The standard InChI is InChI=1S/C46H65N5O10/c1-44(2,3)59-38(52)28-37(47-41(54)58-29-36-34-19-12-10-17-32(34)33-18-11-13-20-35(33)36)39(53)51-24-15-14-16-30(51)23-27-57-31-21-25-50(26-22-31)40(48-42(55)60-45(4,5)6)49-43(56)61-46(7,8)9/h10-13,17-20,30-31,36-37H,14-16,21-29H2,1-9H3,(H,47,54)(H,48,49,55,56)/t30?,37-/m0/s1. The highest BCUT2D eigenvalue weighted by atomic mass is 16.6. The number of ether oxygens (including phenoxy) is 5. The number of carbonyl (C=O) groups excluding carboxylic acids is 5. The average molecular weight is 848 g/mol. The Balaban J connectivity index is 1.18. The van der Waals surface area contributed by atoms with Crippen LogP contribution < -0.4 is 10.6 Å². The Morgan fingerprint density at radius 2 is 1.33 bits per heavy atom. The second kappa shape index (κ2) is 20.1. The van der Waals surface area contributed by atoms with Crippen LogP contribution >= 0.6 is 0 Å². The molecule has 0 radical (unpaired) electrons. The van der Waals surface area contributed by atoms with Gasteiger partial charge < -0.3 is 38.8 Å². The zero-order chi connectivity index (χ0) is 44.5.